The Morgan fingerprint density at radius 3 is 2.29 bits per heavy atom. The lowest BCUT2D eigenvalue weighted by molar-refractivity contribution is -0.126. The summed E-state index contributed by atoms with van der Waals surface area (Å²) in [5.41, 5.74) is 2.31. The summed E-state index contributed by atoms with van der Waals surface area (Å²) in [5.74, 6) is -2.50. The van der Waals surface area contributed by atoms with E-state index in [2.05, 4.69) is 15.7 Å². The van der Waals surface area contributed by atoms with Crippen molar-refractivity contribution in [3.05, 3.63) is 95.9 Å². The van der Waals surface area contributed by atoms with E-state index in [-0.39, 0.29) is 22.6 Å². The van der Waals surface area contributed by atoms with Gasteiger partial charge in [-0.1, -0.05) is 18.2 Å². The molecule has 1 heterocycles. The number of alkyl halides is 2. The first-order valence-corrected chi connectivity index (χ1v) is 10.2. The molecule has 4 rings (SSSR count). The number of nitrogens with one attached hydrogen (secondary N) is 2. The molecule has 0 fully saturated rings. The van der Waals surface area contributed by atoms with Crippen LogP contribution in [0.15, 0.2) is 79.0 Å². The minimum absolute atomic E-state index is 0.149. The fourth-order valence-electron chi connectivity index (χ4n) is 3.25. The molecule has 0 aliphatic carbocycles. The number of anilines is 2. The monoisotopic (exact) mass is 475 g/mol. The first kappa shape index (κ1) is 23.3. The Balaban J connectivity index is 1.71. The summed E-state index contributed by atoms with van der Waals surface area (Å²) in [4.78, 5) is 24.3. The number of carbonyl (C=O) groups excluding carboxylic acids is 2. The molecule has 0 spiro atoms. The third-order valence-electron chi connectivity index (χ3n) is 4.93. The Morgan fingerprint density at radius 1 is 0.943 bits per heavy atom. The van der Waals surface area contributed by atoms with Crippen molar-refractivity contribution in [2.75, 3.05) is 10.6 Å². The zero-order valence-corrected chi connectivity index (χ0v) is 17.9. The van der Waals surface area contributed by atoms with Gasteiger partial charge in [0, 0.05) is 23.1 Å². The molecule has 0 saturated carbocycles. The van der Waals surface area contributed by atoms with Crippen LogP contribution in [0.5, 0.6) is 0 Å². The maximum atomic E-state index is 13.6. The number of aromatic nitrogens is 2. The molecule has 0 radical (unpaired) electrons. The third kappa shape index (κ3) is 5.36. The lowest BCUT2D eigenvalue weighted by atomic mass is 10.1. The molecule has 10 heteroatoms. The maximum Gasteiger partial charge on any atom is 0.315 e. The molecule has 0 aliphatic rings. The first-order chi connectivity index (χ1) is 16.8. The van der Waals surface area contributed by atoms with Crippen molar-refractivity contribution in [3.63, 3.8) is 0 Å². The van der Waals surface area contributed by atoms with Gasteiger partial charge in [-0.05, 0) is 54.6 Å². The van der Waals surface area contributed by atoms with Gasteiger partial charge in [0.25, 0.3) is 11.8 Å². The Hall–Kier alpha value is -4.91. The lowest BCUT2D eigenvalue weighted by Crippen LogP contribution is -2.19. The molecule has 0 bridgehead atoms. The van der Waals surface area contributed by atoms with Crippen LogP contribution in [0.1, 0.15) is 15.9 Å². The largest absolute Gasteiger partial charge is 0.322 e. The molecule has 2 N–H and O–H groups in total. The number of rotatable bonds is 6. The summed E-state index contributed by atoms with van der Waals surface area (Å²) in [5, 5.41) is 18.2. The molecule has 0 saturated heterocycles. The zero-order valence-electron chi connectivity index (χ0n) is 17.9. The highest BCUT2D eigenvalue weighted by atomic mass is 19.3. The van der Waals surface area contributed by atoms with E-state index in [1.54, 1.807) is 24.3 Å². The van der Waals surface area contributed by atoms with Gasteiger partial charge in [0.1, 0.15) is 11.5 Å². The summed E-state index contributed by atoms with van der Waals surface area (Å²) < 4.78 is 40.0. The molecule has 4 aromatic rings. The topological polar surface area (TPSA) is 99.8 Å². The molecule has 1 aromatic heterocycles. The van der Waals surface area contributed by atoms with Crippen LogP contribution in [0, 0.1) is 17.1 Å². The Morgan fingerprint density at radius 2 is 1.66 bits per heavy atom. The van der Waals surface area contributed by atoms with E-state index < -0.39 is 24.1 Å². The van der Waals surface area contributed by atoms with Crippen LogP contribution in [-0.4, -0.2) is 28.0 Å². The fourth-order valence-corrected chi connectivity index (χ4v) is 3.25. The van der Waals surface area contributed by atoms with E-state index in [9.17, 15) is 22.8 Å². The molecular weight excluding hydrogens is 459 g/mol. The van der Waals surface area contributed by atoms with Crippen LogP contribution in [0.3, 0.4) is 0 Å². The molecule has 2 amide bonds. The van der Waals surface area contributed by atoms with Crippen LogP contribution in [0.4, 0.5) is 24.5 Å². The molecular formula is C25H16F3N5O2. The second-order valence-corrected chi connectivity index (χ2v) is 7.33. The van der Waals surface area contributed by atoms with Crippen molar-refractivity contribution in [3.8, 4) is 23.0 Å². The summed E-state index contributed by atoms with van der Waals surface area (Å²) in [7, 11) is 0. The smallest absolute Gasteiger partial charge is 0.315 e. The Labute approximate surface area is 197 Å². The Kier molecular flexibility index (Phi) is 6.59. The SMILES string of the molecule is N#Cc1ccc(-n2cc(C(=O)Nc3cccc(F)c3)c(-c3ccc(NC(=O)C(F)F)cc3)n2)cc1. The second kappa shape index (κ2) is 9.93. The summed E-state index contributed by atoms with van der Waals surface area (Å²) in [6.45, 7) is 0. The van der Waals surface area contributed by atoms with Gasteiger partial charge in [0.2, 0.25) is 0 Å². The minimum Gasteiger partial charge on any atom is -0.322 e. The normalized spacial score (nSPS) is 10.6. The second-order valence-electron chi connectivity index (χ2n) is 7.33. The fraction of sp³-hybridized carbons (Fsp3) is 0.0400. The molecule has 0 atom stereocenters. The number of benzene rings is 3. The van der Waals surface area contributed by atoms with Crippen LogP contribution in [0.2, 0.25) is 0 Å². The van der Waals surface area contributed by atoms with Gasteiger partial charge in [-0.2, -0.15) is 19.1 Å². The van der Waals surface area contributed by atoms with Gasteiger partial charge in [0.15, 0.2) is 0 Å². The van der Waals surface area contributed by atoms with Gasteiger partial charge in [0.05, 0.1) is 22.9 Å². The molecule has 7 nitrogen and oxygen atoms in total. The maximum absolute atomic E-state index is 13.6. The highest BCUT2D eigenvalue weighted by molar-refractivity contribution is 6.08. The van der Waals surface area contributed by atoms with Crippen molar-refractivity contribution in [2.24, 2.45) is 0 Å². The summed E-state index contributed by atoms with van der Waals surface area (Å²) in [6, 6.07) is 19.8. The number of hydrogen-bond acceptors (Lipinski definition) is 4. The molecule has 3 aromatic carbocycles. The van der Waals surface area contributed by atoms with Gasteiger partial charge < -0.3 is 10.6 Å². The van der Waals surface area contributed by atoms with Crippen molar-refractivity contribution in [2.45, 2.75) is 6.43 Å². The number of amides is 2. The summed E-state index contributed by atoms with van der Waals surface area (Å²) >= 11 is 0. The van der Waals surface area contributed by atoms with E-state index in [4.69, 9.17) is 5.26 Å². The minimum atomic E-state index is -3.16. The first-order valence-electron chi connectivity index (χ1n) is 10.2. The molecule has 174 valence electrons. The van der Waals surface area contributed by atoms with Gasteiger partial charge in [-0.3, -0.25) is 9.59 Å². The van der Waals surface area contributed by atoms with E-state index in [0.717, 1.165) is 0 Å². The number of carbonyl (C=O) groups is 2. The summed E-state index contributed by atoms with van der Waals surface area (Å²) in [6.07, 6.45) is -1.67. The van der Waals surface area contributed by atoms with Crippen LogP contribution >= 0.6 is 0 Å². The Bertz CT molecular complexity index is 1420. The zero-order chi connectivity index (χ0) is 24.9. The average molecular weight is 475 g/mol. The van der Waals surface area contributed by atoms with E-state index >= 15 is 0 Å². The van der Waals surface area contributed by atoms with Gasteiger partial charge in [-0.15, -0.1) is 0 Å². The van der Waals surface area contributed by atoms with Crippen LogP contribution in [0.25, 0.3) is 16.9 Å². The number of halogens is 3. The highest BCUT2D eigenvalue weighted by Crippen LogP contribution is 2.26. The van der Waals surface area contributed by atoms with E-state index in [1.165, 1.54) is 59.4 Å². The van der Waals surface area contributed by atoms with Crippen LogP contribution in [-0.2, 0) is 4.79 Å². The van der Waals surface area contributed by atoms with E-state index in [0.29, 0.717) is 16.8 Å². The average Bonchev–Trinajstić information content (AvgIpc) is 3.30. The quantitative estimate of drug-likeness (QED) is 0.410. The molecule has 0 unspecified atom stereocenters. The number of nitriles is 1. The number of hydrogen-bond donors (Lipinski definition) is 2. The highest BCUT2D eigenvalue weighted by Gasteiger charge is 2.20. The van der Waals surface area contributed by atoms with Gasteiger partial charge >= 0.3 is 6.43 Å². The number of nitrogens with zero attached hydrogens (tertiary/aromatic N) is 3. The molecule has 35 heavy (non-hydrogen) atoms. The lowest BCUT2D eigenvalue weighted by Gasteiger charge is -2.07. The predicted octanol–water partition coefficient (Wildman–Crippen LogP) is 5.01. The van der Waals surface area contributed by atoms with E-state index in [1.807, 2.05) is 6.07 Å². The van der Waals surface area contributed by atoms with Crippen molar-refractivity contribution in [1.29, 1.82) is 5.26 Å². The van der Waals surface area contributed by atoms with Crippen molar-refractivity contribution in [1.82, 2.24) is 9.78 Å². The molecule has 0 aliphatic heterocycles. The van der Waals surface area contributed by atoms with Crippen molar-refractivity contribution < 1.29 is 22.8 Å². The van der Waals surface area contributed by atoms with Gasteiger partial charge in [-0.25, -0.2) is 9.07 Å². The standard InChI is InChI=1S/C25H16F3N5O2/c26-17-2-1-3-19(12-17)31-24(34)21-14-33(20-10-4-15(13-29)5-11-20)32-22(21)16-6-8-18(9-7-16)30-25(35)23(27)28/h1-12,14,23H,(H,30,35)(H,31,34). The third-order valence-corrected chi connectivity index (χ3v) is 4.93. The van der Waals surface area contributed by atoms with Crippen molar-refractivity contribution >= 4 is 23.2 Å². The van der Waals surface area contributed by atoms with Crippen LogP contribution < -0.4 is 10.6 Å². The predicted molar refractivity (Wildman–Crippen MR) is 123 cm³/mol.